The van der Waals surface area contributed by atoms with Crippen molar-refractivity contribution in [1.29, 1.82) is 0 Å². The summed E-state index contributed by atoms with van der Waals surface area (Å²) in [5, 5.41) is 0.572. The van der Waals surface area contributed by atoms with Gasteiger partial charge >= 0.3 is 5.97 Å². The number of halogens is 1. The number of esters is 1. The third-order valence-corrected chi connectivity index (χ3v) is 5.47. The van der Waals surface area contributed by atoms with Gasteiger partial charge < -0.3 is 9.64 Å². The number of rotatable bonds is 5. The molecule has 0 aromatic heterocycles. The number of Topliss-reactive ketones (excluding diaryl/α,β-unsaturated/α-hetero) is 1. The molecule has 0 spiro atoms. The molecule has 0 fully saturated rings. The molecule has 1 aliphatic heterocycles. The van der Waals surface area contributed by atoms with Crippen molar-refractivity contribution < 1.29 is 19.1 Å². The van der Waals surface area contributed by atoms with Gasteiger partial charge in [0.15, 0.2) is 5.78 Å². The van der Waals surface area contributed by atoms with Crippen LogP contribution in [0.15, 0.2) is 35.5 Å². The van der Waals surface area contributed by atoms with Crippen molar-refractivity contribution in [3.05, 3.63) is 46.1 Å². The van der Waals surface area contributed by atoms with Gasteiger partial charge in [0.25, 0.3) is 0 Å². The standard InChI is InChI=1S/C21H24ClNO4/c1-4-27-18(25)9-14-19-16(10-21(2,3)11-17(19)24)23(20(14)26)12-13-7-5-6-8-15(13)22/h5-8,14H,4,9-12H2,1-3H3. The van der Waals surface area contributed by atoms with Gasteiger partial charge in [-0.15, -0.1) is 0 Å². The highest BCUT2D eigenvalue weighted by molar-refractivity contribution is 6.31. The second kappa shape index (κ2) is 7.47. The highest BCUT2D eigenvalue weighted by Crippen LogP contribution is 2.46. The topological polar surface area (TPSA) is 63.7 Å². The van der Waals surface area contributed by atoms with E-state index in [0.717, 1.165) is 11.3 Å². The summed E-state index contributed by atoms with van der Waals surface area (Å²) in [5.74, 6) is -1.49. The molecule has 2 aliphatic rings. The Morgan fingerprint density at radius 2 is 1.96 bits per heavy atom. The van der Waals surface area contributed by atoms with E-state index >= 15 is 0 Å². The lowest BCUT2D eigenvalue weighted by molar-refractivity contribution is -0.146. The summed E-state index contributed by atoms with van der Waals surface area (Å²) < 4.78 is 5.02. The van der Waals surface area contributed by atoms with Crippen molar-refractivity contribution >= 4 is 29.3 Å². The van der Waals surface area contributed by atoms with E-state index in [0.29, 0.717) is 30.0 Å². The molecule has 3 rings (SSSR count). The third-order valence-electron chi connectivity index (χ3n) is 5.10. The average Bonchev–Trinajstić information content (AvgIpc) is 2.81. The van der Waals surface area contributed by atoms with Gasteiger partial charge in [0.2, 0.25) is 5.91 Å². The van der Waals surface area contributed by atoms with E-state index in [-0.39, 0.29) is 30.1 Å². The maximum absolute atomic E-state index is 13.2. The Hall–Kier alpha value is -2.14. The second-order valence-electron chi connectivity index (χ2n) is 7.88. The van der Waals surface area contributed by atoms with E-state index in [1.165, 1.54) is 0 Å². The lowest BCUT2D eigenvalue weighted by Crippen LogP contribution is -2.31. The van der Waals surface area contributed by atoms with Crippen LogP contribution in [0.5, 0.6) is 0 Å². The Kier molecular flexibility index (Phi) is 5.43. The van der Waals surface area contributed by atoms with Crippen LogP contribution in [0.1, 0.15) is 45.6 Å². The molecule has 1 heterocycles. The number of carbonyl (C=O) groups is 3. The van der Waals surface area contributed by atoms with Gasteiger partial charge in [-0.3, -0.25) is 14.4 Å². The summed E-state index contributed by atoms with van der Waals surface area (Å²) in [6.45, 7) is 6.30. The van der Waals surface area contributed by atoms with Gasteiger partial charge in [0.05, 0.1) is 25.5 Å². The molecule has 0 bridgehead atoms. The molecule has 0 saturated heterocycles. The summed E-state index contributed by atoms with van der Waals surface area (Å²) in [5.41, 5.74) is 1.80. The molecule has 144 valence electrons. The molecule has 1 unspecified atom stereocenters. The Morgan fingerprint density at radius 3 is 2.63 bits per heavy atom. The van der Waals surface area contributed by atoms with Crippen LogP contribution in [0.4, 0.5) is 0 Å². The van der Waals surface area contributed by atoms with Crippen molar-refractivity contribution in [3.8, 4) is 0 Å². The molecule has 1 atom stereocenters. The van der Waals surface area contributed by atoms with Crippen LogP contribution in [0, 0.1) is 11.3 Å². The predicted molar refractivity (Wildman–Crippen MR) is 102 cm³/mol. The number of hydrogen-bond donors (Lipinski definition) is 0. The molecule has 5 nitrogen and oxygen atoms in total. The second-order valence-corrected chi connectivity index (χ2v) is 8.29. The van der Waals surface area contributed by atoms with Crippen LogP contribution in [-0.4, -0.2) is 29.2 Å². The van der Waals surface area contributed by atoms with E-state index in [9.17, 15) is 14.4 Å². The molecule has 0 radical (unpaired) electrons. The zero-order valence-electron chi connectivity index (χ0n) is 15.9. The van der Waals surface area contributed by atoms with E-state index in [1.807, 2.05) is 32.0 Å². The Labute approximate surface area is 164 Å². The van der Waals surface area contributed by atoms with E-state index in [1.54, 1.807) is 17.9 Å². The Balaban J connectivity index is 1.98. The first-order valence-corrected chi connectivity index (χ1v) is 9.58. The number of amides is 1. The van der Waals surface area contributed by atoms with Crippen LogP contribution in [0.3, 0.4) is 0 Å². The molecule has 1 aliphatic carbocycles. The summed E-state index contributed by atoms with van der Waals surface area (Å²) >= 11 is 6.28. The Bertz CT molecular complexity index is 827. The van der Waals surface area contributed by atoms with Crippen LogP contribution in [0.2, 0.25) is 5.02 Å². The maximum Gasteiger partial charge on any atom is 0.306 e. The van der Waals surface area contributed by atoms with Gasteiger partial charge in [-0.05, 0) is 30.4 Å². The number of ketones is 1. The van der Waals surface area contributed by atoms with Gasteiger partial charge in [0, 0.05) is 22.7 Å². The number of benzene rings is 1. The van der Waals surface area contributed by atoms with Crippen molar-refractivity contribution in [2.75, 3.05) is 6.61 Å². The third kappa shape index (κ3) is 3.93. The molecule has 6 heteroatoms. The molecule has 0 N–H and O–H groups in total. The van der Waals surface area contributed by atoms with E-state index in [4.69, 9.17) is 16.3 Å². The van der Waals surface area contributed by atoms with Crippen LogP contribution in [0.25, 0.3) is 0 Å². The fourth-order valence-electron chi connectivity index (χ4n) is 3.93. The molecule has 27 heavy (non-hydrogen) atoms. The zero-order chi connectivity index (χ0) is 19.8. The van der Waals surface area contributed by atoms with Crippen molar-refractivity contribution in [2.24, 2.45) is 11.3 Å². The van der Waals surface area contributed by atoms with Crippen LogP contribution in [-0.2, 0) is 25.7 Å². The average molecular weight is 390 g/mol. The maximum atomic E-state index is 13.2. The molecule has 1 amide bonds. The first-order valence-electron chi connectivity index (χ1n) is 9.20. The normalized spacial score (nSPS) is 21.5. The van der Waals surface area contributed by atoms with Gasteiger partial charge in [0.1, 0.15) is 0 Å². The highest BCUT2D eigenvalue weighted by Gasteiger charge is 2.48. The molecule has 1 aromatic rings. The van der Waals surface area contributed by atoms with Crippen molar-refractivity contribution in [2.45, 2.75) is 46.6 Å². The highest BCUT2D eigenvalue weighted by atomic mass is 35.5. The monoisotopic (exact) mass is 389 g/mol. The summed E-state index contributed by atoms with van der Waals surface area (Å²) in [6, 6.07) is 7.34. The lowest BCUT2D eigenvalue weighted by atomic mass is 9.74. The summed E-state index contributed by atoms with van der Waals surface area (Å²) in [7, 11) is 0. The van der Waals surface area contributed by atoms with E-state index in [2.05, 4.69) is 0 Å². The van der Waals surface area contributed by atoms with Gasteiger partial charge in [-0.1, -0.05) is 43.6 Å². The zero-order valence-corrected chi connectivity index (χ0v) is 16.6. The lowest BCUT2D eigenvalue weighted by Gasteiger charge is -2.33. The van der Waals surface area contributed by atoms with Crippen molar-refractivity contribution in [1.82, 2.24) is 4.90 Å². The van der Waals surface area contributed by atoms with E-state index < -0.39 is 11.9 Å². The Morgan fingerprint density at radius 1 is 1.26 bits per heavy atom. The fourth-order valence-corrected chi connectivity index (χ4v) is 4.12. The molecule has 0 saturated carbocycles. The minimum atomic E-state index is -0.759. The number of nitrogens with zero attached hydrogens (tertiary/aromatic N) is 1. The number of allylic oxidation sites excluding steroid dienone is 1. The van der Waals surface area contributed by atoms with Gasteiger partial charge in [-0.25, -0.2) is 0 Å². The molecular formula is C21H24ClNO4. The summed E-state index contributed by atoms with van der Waals surface area (Å²) in [6.07, 6.45) is 0.888. The number of ether oxygens (including phenoxy) is 1. The SMILES string of the molecule is CCOC(=O)CC1C(=O)N(Cc2ccccc2Cl)C2=C1C(=O)CC(C)(C)C2. The summed E-state index contributed by atoms with van der Waals surface area (Å²) in [4.78, 5) is 39.7. The number of carbonyl (C=O) groups excluding carboxylic acids is 3. The fraction of sp³-hybridized carbons (Fsp3) is 0.476. The predicted octanol–water partition coefficient (Wildman–Crippen LogP) is 3.89. The van der Waals surface area contributed by atoms with Gasteiger partial charge in [-0.2, -0.15) is 0 Å². The van der Waals surface area contributed by atoms with Crippen LogP contribution >= 0.6 is 11.6 Å². The smallest absolute Gasteiger partial charge is 0.306 e. The minimum Gasteiger partial charge on any atom is -0.466 e. The molecular weight excluding hydrogens is 366 g/mol. The minimum absolute atomic E-state index is 0.0504. The van der Waals surface area contributed by atoms with Crippen molar-refractivity contribution in [3.63, 3.8) is 0 Å². The quantitative estimate of drug-likeness (QED) is 0.716. The largest absolute Gasteiger partial charge is 0.466 e. The van der Waals surface area contributed by atoms with Crippen LogP contribution < -0.4 is 0 Å². The molecule has 1 aromatic carbocycles. The first kappa shape index (κ1) is 19.6. The number of hydrogen-bond acceptors (Lipinski definition) is 4. The first-order chi connectivity index (χ1) is 12.7.